The maximum atomic E-state index is 10.2. The van der Waals surface area contributed by atoms with Crippen LogP contribution in [0.2, 0.25) is 0 Å². The lowest BCUT2D eigenvalue weighted by atomic mass is 10.2. The summed E-state index contributed by atoms with van der Waals surface area (Å²) in [6.45, 7) is 0. The highest BCUT2D eigenvalue weighted by Crippen LogP contribution is 2.22. The minimum Gasteiger partial charge on any atom is -0.501 e. The van der Waals surface area contributed by atoms with Crippen LogP contribution in [0.25, 0.3) is 0 Å². The Morgan fingerprint density at radius 3 is 3.00 bits per heavy atom. The van der Waals surface area contributed by atoms with Crippen LogP contribution in [0.1, 0.15) is 12.8 Å². The van der Waals surface area contributed by atoms with Crippen molar-refractivity contribution in [2.75, 3.05) is 7.11 Å². The molecular formula is C7H10O2. The number of rotatable bonds is 2. The van der Waals surface area contributed by atoms with E-state index in [0.717, 1.165) is 24.9 Å². The summed E-state index contributed by atoms with van der Waals surface area (Å²) >= 11 is 0. The molecule has 9 heavy (non-hydrogen) atoms. The molecule has 1 atom stereocenters. The number of methoxy groups -OCH3 is 1. The average Bonchev–Trinajstić information content (AvgIpc) is 2.34. The Hall–Kier alpha value is -0.790. The number of hydrogen-bond acceptors (Lipinski definition) is 2. The summed E-state index contributed by atoms with van der Waals surface area (Å²) in [6, 6.07) is 0. The molecule has 2 nitrogen and oxygen atoms in total. The Morgan fingerprint density at radius 2 is 2.67 bits per heavy atom. The molecule has 0 aromatic heterocycles. The van der Waals surface area contributed by atoms with Crippen LogP contribution in [0.5, 0.6) is 0 Å². The van der Waals surface area contributed by atoms with Crippen LogP contribution in [0.4, 0.5) is 0 Å². The number of hydrogen-bond donors (Lipinski definition) is 0. The summed E-state index contributed by atoms with van der Waals surface area (Å²) in [5, 5.41) is 0. The Balaban J connectivity index is 2.49. The maximum Gasteiger partial charge on any atom is 0.126 e. The summed E-state index contributed by atoms with van der Waals surface area (Å²) in [5.74, 6) is 1.06. The molecule has 0 saturated carbocycles. The smallest absolute Gasteiger partial charge is 0.126 e. The fraction of sp³-hybridized carbons (Fsp3) is 0.571. The molecule has 0 bridgehead atoms. The van der Waals surface area contributed by atoms with Gasteiger partial charge in [-0.3, -0.25) is 0 Å². The molecule has 0 spiro atoms. The number of aldehydes is 1. The van der Waals surface area contributed by atoms with E-state index in [9.17, 15) is 4.79 Å². The zero-order valence-electron chi connectivity index (χ0n) is 5.46. The number of allylic oxidation sites excluding steroid dienone is 2. The molecule has 1 aliphatic rings. The first kappa shape index (κ1) is 6.33. The zero-order chi connectivity index (χ0) is 6.69. The fourth-order valence-electron chi connectivity index (χ4n) is 0.992. The van der Waals surface area contributed by atoms with Gasteiger partial charge in [-0.15, -0.1) is 0 Å². The van der Waals surface area contributed by atoms with Crippen LogP contribution in [-0.4, -0.2) is 13.4 Å². The van der Waals surface area contributed by atoms with Gasteiger partial charge in [-0.25, -0.2) is 0 Å². The molecule has 0 fully saturated rings. The van der Waals surface area contributed by atoms with Gasteiger partial charge in [0.05, 0.1) is 12.9 Å². The van der Waals surface area contributed by atoms with E-state index in [1.807, 2.05) is 6.08 Å². The predicted molar refractivity (Wildman–Crippen MR) is 33.9 cm³/mol. The van der Waals surface area contributed by atoms with Crippen molar-refractivity contribution in [3.63, 3.8) is 0 Å². The Morgan fingerprint density at radius 1 is 1.89 bits per heavy atom. The fourth-order valence-corrected chi connectivity index (χ4v) is 0.992. The van der Waals surface area contributed by atoms with Gasteiger partial charge in [-0.2, -0.15) is 0 Å². The van der Waals surface area contributed by atoms with E-state index in [2.05, 4.69) is 0 Å². The third kappa shape index (κ3) is 1.31. The molecule has 0 N–H and O–H groups in total. The van der Waals surface area contributed by atoms with E-state index >= 15 is 0 Å². The first-order valence-electron chi connectivity index (χ1n) is 3.07. The molecule has 0 aromatic carbocycles. The van der Waals surface area contributed by atoms with Crippen molar-refractivity contribution in [1.29, 1.82) is 0 Å². The van der Waals surface area contributed by atoms with Gasteiger partial charge < -0.3 is 9.53 Å². The van der Waals surface area contributed by atoms with E-state index in [-0.39, 0.29) is 5.92 Å². The summed E-state index contributed by atoms with van der Waals surface area (Å²) < 4.78 is 4.95. The number of carbonyl (C=O) groups is 1. The van der Waals surface area contributed by atoms with Crippen molar-refractivity contribution >= 4 is 6.29 Å². The molecule has 50 valence electrons. The zero-order valence-corrected chi connectivity index (χ0v) is 5.46. The average molecular weight is 126 g/mol. The van der Waals surface area contributed by atoms with Crippen molar-refractivity contribution in [2.24, 2.45) is 5.92 Å². The molecule has 0 aliphatic heterocycles. The van der Waals surface area contributed by atoms with Gasteiger partial charge in [-0.1, -0.05) is 0 Å². The second kappa shape index (κ2) is 2.67. The highest BCUT2D eigenvalue weighted by atomic mass is 16.5. The summed E-state index contributed by atoms with van der Waals surface area (Å²) in [5.41, 5.74) is 0. The van der Waals surface area contributed by atoms with Gasteiger partial charge in [-0.05, 0) is 12.5 Å². The monoisotopic (exact) mass is 126 g/mol. The first-order chi connectivity index (χ1) is 4.36. The first-order valence-corrected chi connectivity index (χ1v) is 3.07. The lowest BCUT2D eigenvalue weighted by Gasteiger charge is -1.94. The van der Waals surface area contributed by atoms with E-state index in [4.69, 9.17) is 4.74 Å². The Bertz CT molecular complexity index is 138. The third-order valence-electron chi connectivity index (χ3n) is 1.56. The van der Waals surface area contributed by atoms with E-state index in [1.165, 1.54) is 0 Å². The topological polar surface area (TPSA) is 26.3 Å². The van der Waals surface area contributed by atoms with Crippen LogP contribution < -0.4 is 0 Å². The van der Waals surface area contributed by atoms with Gasteiger partial charge in [0.25, 0.3) is 0 Å². The molecule has 0 radical (unpaired) electrons. The maximum absolute atomic E-state index is 10.2. The van der Waals surface area contributed by atoms with Gasteiger partial charge in [0, 0.05) is 12.3 Å². The van der Waals surface area contributed by atoms with Crippen molar-refractivity contribution in [1.82, 2.24) is 0 Å². The molecule has 1 unspecified atom stereocenters. The Labute approximate surface area is 54.5 Å². The predicted octanol–water partition coefficient (Wildman–Crippen LogP) is 1.13. The highest BCUT2D eigenvalue weighted by Gasteiger charge is 2.14. The van der Waals surface area contributed by atoms with Gasteiger partial charge in [0.1, 0.15) is 6.29 Å². The molecule has 1 aliphatic carbocycles. The van der Waals surface area contributed by atoms with Crippen molar-refractivity contribution in [3.05, 3.63) is 11.8 Å². The van der Waals surface area contributed by atoms with Gasteiger partial charge in [0.2, 0.25) is 0 Å². The standard InChI is InChI=1S/C7H10O2/c1-9-7-3-2-6(4-7)5-8/h4-6H,2-3H2,1H3. The van der Waals surface area contributed by atoms with Crippen LogP contribution in [0.15, 0.2) is 11.8 Å². The quantitative estimate of drug-likeness (QED) is 0.518. The summed E-state index contributed by atoms with van der Waals surface area (Å²) in [7, 11) is 1.64. The van der Waals surface area contributed by atoms with Crippen molar-refractivity contribution in [2.45, 2.75) is 12.8 Å². The third-order valence-corrected chi connectivity index (χ3v) is 1.56. The summed E-state index contributed by atoms with van der Waals surface area (Å²) in [6.07, 6.45) is 4.69. The largest absolute Gasteiger partial charge is 0.501 e. The van der Waals surface area contributed by atoms with E-state index in [0.29, 0.717) is 0 Å². The number of carbonyl (C=O) groups excluding carboxylic acids is 1. The van der Waals surface area contributed by atoms with Crippen LogP contribution in [0.3, 0.4) is 0 Å². The molecular weight excluding hydrogens is 116 g/mol. The molecule has 2 heteroatoms. The van der Waals surface area contributed by atoms with Gasteiger partial charge in [0.15, 0.2) is 0 Å². The highest BCUT2D eigenvalue weighted by molar-refractivity contribution is 5.57. The summed E-state index contributed by atoms with van der Waals surface area (Å²) in [4.78, 5) is 10.2. The second-order valence-corrected chi connectivity index (χ2v) is 2.18. The lowest BCUT2D eigenvalue weighted by Crippen LogP contribution is -1.89. The molecule has 0 heterocycles. The molecule has 0 amide bonds. The van der Waals surface area contributed by atoms with E-state index < -0.39 is 0 Å². The minimum absolute atomic E-state index is 0.111. The van der Waals surface area contributed by atoms with Crippen molar-refractivity contribution < 1.29 is 9.53 Å². The van der Waals surface area contributed by atoms with Gasteiger partial charge >= 0.3 is 0 Å². The number of ether oxygens (including phenoxy) is 1. The van der Waals surface area contributed by atoms with Crippen LogP contribution >= 0.6 is 0 Å². The van der Waals surface area contributed by atoms with Crippen LogP contribution in [-0.2, 0) is 9.53 Å². The molecule has 0 aromatic rings. The molecule has 0 saturated heterocycles. The minimum atomic E-state index is 0.111. The Kier molecular flexibility index (Phi) is 1.88. The van der Waals surface area contributed by atoms with Crippen molar-refractivity contribution in [3.8, 4) is 0 Å². The second-order valence-electron chi connectivity index (χ2n) is 2.18. The van der Waals surface area contributed by atoms with E-state index in [1.54, 1.807) is 7.11 Å². The van der Waals surface area contributed by atoms with Crippen LogP contribution in [0, 0.1) is 5.92 Å². The normalized spacial score (nSPS) is 25.4. The lowest BCUT2D eigenvalue weighted by molar-refractivity contribution is -0.109. The molecule has 1 rings (SSSR count). The SMILES string of the molecule is COC1=CC(C=O)CC1.